The van der Waals surface area contributed by atoms with Crippen molar-refractivity contribution >= 4 is 21.8 Å². The molecule has 0 radical (unpaired) electrons. The van der Waals surface area contributed by atoms with Crippen molar-refractivity contribution in [1.29, 1.82) is 0 Å². The third kappa shape index (κ3) is 3.09. The zero-order valence-electron chi connectivity index (χ0n) is 10.5. The van der Waals surface area contributed by atoms with Gasteiger partial charge in [0, 0.05) is 36.0 Å². The molecule has 1 fully saturated rings. The highest BCUT2D eigenvalue weighted by molar-refractivity contribution is 9.10. The van der Waals surface area contributed by atoms with Crippen LogP contribution in [0, 0.1) is 5.92 Å². The molecule has 18 heavy (non-hydrogen) atoms. The Hall–Kier alpha value is -0.940. The third-order valence-corrected chi connectivity index (χ3v) is 3.87. The van der Waals surface area contributed by atoms with Crippen LogP contribution in [0.4, 0.5) is 0 Å². The number of carbonyl (C=O) groups is 1. The van der Waals surface area contributed by atoms with Crippen molar-refractivity contribution in [2.45, 2.75) is 25.8 Å². The summed E-state index contributed by atoms with van der Waals surface area (Å²) in [6.45, 7) is 3.58. The number of nitrogens with two attached hydrogens (primary N) is 1. The summed E-state index contributed by atoms with van der Waals surface area (Å²) in [6, 6.07) is 1.95. The Bertz CT molecular complexity index is 436. The molecule has 1 aliphatic heterocycles. The fourth-order valence-corrected chi connectivity index (χ4v) is 2.70. The van der Waals surface area contributed by atoms with Crippen LogP contribution >= 0.6 is 15.9 Å². The van der Waals surface area contributed by atoms with Gasteiger partial charge in [-0.1, -0.05) is 0 Å². The van der Waals surface area contributed by atoms with Gasteiger partial charge in [0.1, 0.15) is 0 Å². The minimum absolute atomic E-state index is 0.0501. The fraction of sp³-hybridized carbons (Fsp3) is 0.538. The Kier molecular flexibility index (Phi) is 4.35. The molecule has 0 aromatic carbocycles. The van der Waals surface area contributed by atoms with Gasteiger partial charge in [-0.3, -0.25) is 9.78 Å². The number of halogens is 1. The highest BCUT2D eigenvalue weighted by Crippen LogP contribution is 2.21. The van der Waals surface area contributed by atoms with Crippen molar-refractivity contribution in [2.24, 2.45) is 11.7 Å². The van der Waals surface area contributed by atoms with E-state index in [2.05, 4.69) is 20.9 Å². The van der Waals surface area contributed by atoms with Gasteiger partial charge in [0.2, 0.25) is 0 Å². The number of nitrogens with zero attached hydrogens (tertiary/aromatic N) is 2. The molecule has 0 saturated carbocycles. The van der Waals surface area contributed by atoms with E-state index in [9.17, 15) is 4.79 Å². The molecule has 1 aliphatic rings. The van der Waals surface area contributed by atoms with Crippen molar-refractivity contribution in [3.8, 4) is 0 Å². The van der Waals surface area contributed by atoms with Gasteiger partial charge in [-0.25, -0.2) is 0 Å². The van der Waals surface area contributed by atoms with E-state index in [4.69, 9.17) is 5.73 Å². The zero-order chi connectivity index (χ0) is 13.1. The molecule has 4 nitrogen and oxygen atoms in total. The van der Waals surface area contributed by atoms with Crippen molar-refractivity contribution in [2.75, 3.05) is 13.1 Å². The predicted molar refractivity (Wildman–Crippen MR) is 74.2 cm³/mol. The smallest absolute Gasteiger partial charge is 0.255 e. The quantitative estimate of drug-likeness (QED) is 0.909. The van der Waals surface area contributed by atoms with Crippen LogP contribution in [-0.2, 0) is 0 Å². The molecular weight excluding hydrogens is 294 g/mol. The lowest BCUT2D eigenvalue weighted by Gasteiger charge is -2.34. The second kappa shape index (κ2) is 5.80. The molecule has 0 spiro atoms. The molecule has 0 aliphatic carbocycles. The summed E-state index contributed by atoms with van der Waals surface area (Å²) in [4.78, 5) is 18.3. The first-order valence-corrected chi connectivity index (χ1v) is 7.02. The maximum Gasteiger partial charge on any atom is 0.255 e. The number of likely N-dealkylation sites (tertiary alicyclic amines) is 1. The van der Waals surface area contributed by atoms with E-state index in [1.165, 1.54) is 0 Å². The molecule has 2 rings (SSSR count). The Morgan fingerprint density at radius 3 is 3.06 bits per heavy atom. The van der Waals surface area contributed by atoms with Crippen molar-refractivity contribution < 1.29 is 4.79 Å². The minimum atomic E-state index is 0.0501. The normalized spacial score (nSPS) is 21.7. The number of hydrogen-bond donors (Lipinski definition) is 1. The zero-order valence-corrected chi connectivity index (χ0v) is 12.1. The van der Waals surface area contributed by atoms with E-state index in [1.807, 2.05) is 17.9 Å². The van der Waals surface area contributed by atoms with Gasteiger partial charge in [-0.05, 0) is 47.7 Å². The van der Waals surface area contributed by atoms with Gasteiger partial charge in [0.05, 0.1) is 5.56 Å². The lowest BCUT2D eigenvalue weighted by Crippen LogP contribution is -2.45. The third-order valence-electron chi connectivity index (χ3n) is 3.44. The summed E-state index contributed by atoms with van der Waals surface area (Å²) >= 11 is 3.34. The maximum atomic E-state index is 12.3. The summed E-state index contributed by atoms with van der Waals surface area (Å²) in [5.74, 6) is 0.456. The number of hydrogen-bond acceptors (Lipinski definition) is 3. The van der Waals surface area contributed by atoms with Crippen molar-refractivity contribution in [3.05, 3.63) is 28.5 Å². The lowest BCUT2D eigenvalue weighted by atomic mass is 9.92. The number of carbonyl (C=O) groups excluding carboxylic acids is 1. The summed E-state index contributed by atoms with van der Waals surface area (Å²) in [5.41, 5.74) is 6.57. The van der Waals surface area contributed by atoms with Crippen LogP contribution in [0.1, 0.15) is 30.1 Å². The number of aromatic nitrogens is 1. The topological polar surface area (TPSA) is 59.2 Å². The molecular formula is C13H18BrN3O. The van der Waals surface area contributed by atoms with Crippen molar-refractivity contribution in [3.63, 3.8) is 0 Å². The van der Waals surface area contributed by atoms with Gasteiger partial charge in [-0.15, -0.1) is 0 Å². The molecule has 2 heterocycles. The van der Waals surface area contributed by atoms with Crippen LogP contribution in [0.3, 0.4) is 0 Å². The standard InChI is InChI=1S/C13H18BrN3O/c1-9(15)10-3-2-4-17(8-10)13(18)11-5-12(14)7-16-6-11/h5-7,9-10H,2-4,8,15H2,1H3/t9-,10+/m1/s1. The van der Waals surface area contributed by atoms with E-state index in [1.54, 1.807) is 12.4 Å². The first-order chi connectivity index (χ1) is 8.58. The van der Waals surface area contributed by atoms with E-state index in [0.717, 1.165) is 30.4 Å². The van der Waals surface area contributed by atoms with E-state index in [0.29, 0.717) is 11.5 Å². The summed E-state index contributed by atoms with van der Waals surface area (Å²) in [5, 5.41) is 0. The van der Waals surface area contributed by atoms with E-state index < -0.39 is 0 Å². The van der Waals surface area contributed by atoms with Crippen LogP contribution in [0.25, 0.3) is 0 Å². The molecule has 1 aromatic heterocycles. The molecule has 1 saturated heterocycles. The highest BCUT2D eigenvalue weighted by atomic mass is 79.9. The lowest BCUT2D eigenvalue weighted by molar-refractivity contribution is 0.0660. The second-order valence-electron chi connectivity index (χ2n) is 4.90. The second-order valence-corrected chi connectivity index (χ2v) is 5.82. The molecule has 5 heteroatoms. The van der Waals surface area contributed by atoms with E-state index in [-0.39, 0.29) is 11.9 Å². The minimum Gasteiger partial charge on any atom is -0.338 e. The Morgan fingerprint density at radius 1 is 1.61 bits per heavy atom. The number of rotatable bonds is 2. The molecule has 0 bridgehead atoms. The monoisotopic (exact) mass is 311 g/mol. The maximum absolute atomic E-state index is 12.3. The molecule has 0 unspecified atom stereocenters. The van der Waals surface area contributed by atoms with Gasteiger partial charge in [0.25, 0.3) is 5.91 Å². The average Bonchev–Trinajstić information content (AvgIpc) is 2.38. The first-order valence-electron chi connectivity index (χ1n) is 6.23. The number of pyridine rings is 1. The summed E-state index contributed by atoms with van der Waals surface area (Å²) < 4.78 is 0.828. The van der Waals surface area contributed by atoms with Gasteiger partial charge < -0.3 is 10.6 Å². The van der Waals surface area contributed by atoms with Crippen molar-refractivity contribution in [1.82, 2.24) is 9.88 Å². The van der Waals surface area contributed by atoms with Crippen LogP contribution < -0.4 is 5.73 Å². The highest BCUT2D eigenvalue weighted by Gasteiger charge is 2.26. The largest absolute Gasteiger partial charge is 0.338 e. The van der Waals surface area contributed by atoms with Crippen LogP contribution in [-0.4, -0.2) is 34.9 Å². The average molecular weight is 312 g/mol. The van der Waals surface area contributed by atoms with Gasteiger partial charge >= 0.3 is 0 Å². The Balaban J connectivity index is 2.09. The molecule has 98 valence electrons. The first kappa shape index (κ1) is 13.5. The summed E-state index contributed by atoms with van der Waals surface area (Å²) in [6.07, 6.45) is 5.43. The number of piperidine rings is 1. The molecule has 1 amide bonds. The van der Waals surface area contributed by atoms with E-state index >= 15 is 0 Å². The SMILES string of the molecule is C[C@@H](N)[C@H]1CCCN(C(=O)c2cncc(Br)c2)C1. The molecule has 1 aromatic rings. The van der Waals surface area contributed by atoms with Crippen LogP contribution in [0.15, 0.2) is 22.9 Å². The predicted octanol–water partition coefficient (Wildman–Crippen LogP) is 2.04. The van der Waals surface area contributed by atoms with Crippen LogP contribution in [0.5, 0.6) is 0 Å². The van der Waals surface area contributed by atoms with Gasteiger partial charge in [0.15, 0.2) is 0 Å². The van der Waals surface area contributed by atoms with Gasteiger partial charge in [-0.2, -0.15) is 0 Å². The molecule has 2 atom stereocenters. The Labute approximate surface area is 116 Å². The Morgan fingerprint density at radius 2 is 2.39 bits per heavy atom. The van der Waals surface area contributed by atoms with Crippen LogP contribution in [0.2, 0.25) is 0 Å². The number of amides is 1. The summed E-state index contributed by atoms with van der Waals surface area (Å²) in [7, 11) is 0. The fourth-order valence-electron chi connectivity index (χ4n) is 2.33. The molecule has 2 N–H and O–H groups in total.